The van der Waals surface area contributed by atoms with Gasteiger partial charge in [-0.1, -0.05) is 11.6 Å². The molecule has 0 aliphatic rings. The third kappa shape index (κ3) is 3.71. The maximum atomic E-state index is 11.5. The number of nitrogens with zero attached hydrogens (tertiary/aromatic N) is 3. The van der Waals surface area contributed by atoms with Crippen molar-refractivity contribution >= 4 is 38.0 Å². The Morgan fingerprint density at radius 2 is 2.00 bits per heavy atom. The summed E-state index contributed by atoms with van der Waals surface area (Å²) >= 11 is 6.46. The fourth-order valence-electron chi connectivity index (χ4n) is 3.50. The van der Waals surface area contributed by atoms with Crippen molar-refractivity contribution in [2.24, 2.45) is 0 Å². The monoisotopic (exact) mass is 416 g/mol. The standard InChI is InChI=1S/C20H21ClN4O2S/c1-12-7-18-15(8-14(12)9-22)19(16-10-24-11-17(23)20(16)21)13(2)25(18)5-4-6-28(3,26)27/h7-8,10-11H,4-6,23H2,1-3H3. The summed E-state index contributed by atoms with van der Waals surface area (Å²) in [5, 5.41) is 10.7. The normalized spacial score (nSPS) is 11.7. The molecule has 0 atom stereocenters. The summed E-state index contributed by atoms with van der Waals surface area (Å²) in [6, 6.07) is 6.03. The van der Waals surface area contributed by atoms with Gasteiger partial charge in [0.1, 0.15) is 9.84 Å². The number of aromatic nitrogens is 2. The quantitative estimate of drug-likeness (QED) is 0.680. The van der Waals surface area contributed by atoms with E-state index < -0.39 is 9.84 Å². The first kappa shape index (κ1) is 20.2. The lowest BCUT2D eigenvalue weighted by atomic mass is 10.00. The molecule has 6 nitrogen and oxygen atoms in total. The number of nitrogen functional groups attached to an aromatic ring is 1. The number of pyridine rings is 1. The van der Waals surface area contributed by atoms with Gasteiger partial charge in [0.25, 0.3) is 0 Å². The fourth-order valence-corrected chi connectivity index (χ4v) is 4.34. The molecule has 0 bridgehead atoms. The molecule has 2 N–H and O–H groups in total. The summed E-state index contributed by atoms with van der Waals surface area (Å²) in [5.41, 5.74) is 11.2. The minimum Gasteiger partial charge on any atom is -0.396 e. The second-order valence-corrected chi connectivity index (χ2v) is 9.62. The highest BCUT2D eigenvalue weighted by Gasteiger charge is 2.20. The summed E-state index contributed by atoms with van der Waals surface area (Å²) < 4.78 is 25.1. The van der Waals surface area contributed by atoms with Crippen LogP contribution in [-0.2, 0) is 16.4 Å². The Kier molecular flexibility index (Phi) is 5.37. The molecule has 3 rings (SSSR count). The van der Waals surface area contributed by atoms with Crippen molar-refractivity contribution in [2.45, 2.75) is 26.8 Å². The van der Waals surface area contributed by atoms with E-state index in [1.807, 2.05) is 26.0 Å². The summed E-state index contributed by atoms with van der Waals surface area (Å²) in [6.07, 6.45) is 4.88. The van der Waals surface area contributed by atoms with Crippen LogP contribution in [0.2, 0.25) is 5.02 Å². The number of benzene rings is 1. The number of fused-ring (bicyclic) bond motifs is 1. The molecule has 0 aliphatic heterocycles. The Morgan fingerprint density at radius 1 is 1.29 bits per heavy atom. The zero-order valence-corrected chi connectivity index (χ0v) is 17.5. The molecule has 0 saturated heterocycles. The van der Waals surface area contributed by atoms with Crippen LogP contribution in [0.25, 0.3) is 22.0 Å². The maximum absolute atomic E-state index is 11.5. The van der Waals surface area contributed by atoms with E-state index in [0.29, 0.717) is 34.8 Å². The van der Waals surface area contributed by atoms with E-state index >= 15 is 0 Å². The van der Waals surface area contributed by atoms with E-state index in [2.05, 4.69) is 15.6 Å². The van der Waals surface area contributed by atoms with Crippen molar-refractivity contribution < 1.29 is 8.42 Å². The predicted octanol–water partition coefficient (Wildman–Crippen LogP) is 3.86. The Hall–Kier alpha value is -2.56. The molecular formula is C20H21ClN4O2S. The predicted molar refractivity (Wildman–Crippen MR) is 113 cm³/mol. The molecule has 0 spiro atoms. The van der Waals surface area contributed by atoms with Crippen molar-refractivity contribution in [3.8, 4) is 17.2 Å². The molecule has 3 aromatic rings. The van der Waals surface area contributed by atoms with Gasteiger partial charge in [-0.3, -0.25) is 4.98 Å². The molecular weight excluding hydrogens is 396 g/mol. The minimum atomic E-state index is -3.04. The van der Waals surface area contributed by atoms with Crippen LogP contribution < -0.4 is 5.73 Å². The van der Waals surface area contributed by atoms with Crippen molar-refractivity contribution in [2.75, 3.05) is 17.7 Å². The second kappa shape index (κ2) is 7.46. The number of nitrogens with two attached hydrogens (primary N) is 1. The van der Waals surface area contributed by atoms with Gasteiger partial charge in [-0.15, -0.1) is 0 Å². The molecule has 8 heteroatoms. The van der Waals surface area contributed by atoms with Gasteiger partial charge in [0.2, 0.25) is 0 Å². The lowest BCUT2D eigenvalue weighted by Crippen LogP contribution is -2.08. The highest BCUT2D eigenvalue weighted by Crippen LogP contribution is 2.40. The second-order valence-electron chi connectivity index (χ2n) is 6.98. The zero-order valence-electron chi connectivity index (χ0n) is 16.0. The topological polar surface area (TPSA) is 102 Å². The molecule has 2 heterocycles. The van der Waals surface area contributed by atoms with E-state index in [1.54, 1.807) is 6.20 Å². The van der Waals surface area contributed by atoms with Crippen LogP contribution in [0.5, 0.6) is 0 Å². The number of sulfone groups is 1. The largest absolute Gasteiger partial charge is 0.396 e. The van der Waals surface area contributed by atoms with E-state index in [4.69, 9.17) is 17.3 Å². The molecule has 0 radical (unpaired) electrons. The van der Waals surface area contributed by atoms with Crippen molar-refractivity contribution in [3.05, 3.63) is 46.4 Å². The van der Waals surface area contributed by atoms with Gasteiger partial charge in [0, 0.05) is 46.7 Å². The molecule has 146 valence electrons. The number of halogens is 1. The van der Waals surface area contributed by atoms with Crippen LogP contribution in [0.15, 0.2) is 24.5 Å². The fraction of sp³-hybridized carbons (Fsp3) is 0.300. The summed E-state index contributed by atoms with van der Waals surface area (Å²) in [5.74, 6) is 0.108. The van der Waals surface area contributed by atoms with Crippen molar-refractivity contribution in [1.29, 1.82) is 5.26 Å². The van der Waals surface area contributed by atoms with Crippen LogP contribution in [0.1, 0.15) is 23.2 Å². The Bertz CT molecular complexity index is 1220. The third-order valence-electron chi connectivity index (χ3n) is 4.86. The first-order valence-corrected chi connectivity index (χ1v) is 11.2. The minimum absolute atomic E-state index is 0.108. The van der Waals surface area contributed by atoms with Crippen LogP contribution in [0, 0.1) is 25.2 Å². The summed E-state index contributed by atoms with van der Waals surface area (Å²) in [7, 11) is -3.04. The van der Waals surface area contributed by atoms with Gasteiger partial charge in [0.15, 0.2) is 0 Å². The average molecular weight is 417 g/mol. The lowest BCUT2D eigenvalue weighted by Gasteiger charge is -2.10. The molecule has 0 amide bonds. The first-order valence-electron chi connectivity index (χ1n) is 8.74. The number of hydrogen-bond acceptors (Lipinski definition) is 5. The number of nitriles is 1. The van der Waals surface area contributed by atoms with Gasteiger partial charge >= 0.3 is 0 Å². The smallest absolute Gasteiger partial charge is 0.147 e. The van der Waals surface area contributed by atoms with Crippen molar-refractivity contribution in [3.63, 3.8) is 0 Å². The first-order chi connectivity index (χ1) is 13.1. The highest BCUT2D eigenvalue weighted by molar-refractivity contribution is 7.90. The van der Waals surface area contributed by atoms with E-state index in [-0.39, 0.29) is 5.75 Å². The molecule has 28 heavy (non-hydrogen) atoms. The highest BCUT2D eigenvalue weighted by atomic mass is 35.5. The molecule has 2 aromatic heterocycles. The summed E-state index contributed by atoms with van der Waals surface area (Å²) in [4.78, 5) is 4.17. The number of anilines is 1. The number of rotatable bonds is 5. The van der Waals surface area contributed by atoms with Gasteiger partial charge in [0.05, 0.1) is 34.3 Å². The Labute approximate surface area is 169 Å². The van der Waals surface area contributed by atoms with Crippen molar-refractivity contribution in [1.82, 2.24) is 9.55 Å². The van der Waals surface area contributed by atoms with Gasteiger partial charge < -0.3 is 10.3 Å². The third-order valence-corrected chi connectivity index (χ3v) is 6.32. The zero-order chi connectivity index (χ0) is 20.6. The molecule has 0 unspecified atom stereocenters. The summed E-state index contributed by atoms with van der Waals surface area (Å²) in [6.45, 7) is 4.38. The lowest BCUT2D eigenvalue weighted by molar-refractivity contribution is 0.592. The van der Waals surface area contributed by atoms with Gasteiger partial charge in [-0.05, 0) is 38.0 Å². The average Bonchev–Trinajstić information content (AvgIpc) is 2.87. The van der Waals surface area contributed by atoms with Gasteiger partial charge in [-0.2, -0.15) is 5.26 Å². The van der Waals surface area contributed by atoms with Crippen LogP contribution in [0.4, 0.5) is 5.69 Å². The molecule has 0 saturated carbocycles. The Morgan fingerprint density at radius 3 is 2.64 bits per heavy atom. The van der Waals surface area contributed by atoms with Crippen LogP contribution >= 0.6 is 11.6 Å². The van der Waals surface area contributed by atoms with E-state index in [9.17, 15) is 13.7 Å². The van der Waals surface area contributed by atoms with Gasteiger partial charge in [-0.25, -0.2) is 8.42 Å². The molecule has 0 aliphatic carbocycles. The van der Waals surface area contributed by atoms with Crippen LogP contribution in [0.3, 0.4) is 0 Å². The number of hydrogen-bond donors (Lipinski definition) is 1. The van der Waals surface area contributed by atoms with E-state index in [1.165, 1.54) is 12.5 Å². The van der Waals surface area contributed by atoms with Crippen LogP contribution in [-0.4, -0.2) is 30.0 Å². The molecule has 0 fully saturated rings. The van der Waals surface area contributed by atoms with E-state index in [0.717, 1.165) is 27.7 Å². The maximum Gasteiger partial charge on any atom is 0.147 e. The molecule has 1 aromatic carbocycles. The number of aryl methyl sites for hydroxylation is 2. The SMILES string of the molecule is Cc1cc2c(cc1C#N)c(-c1cncc(N)c1Cl)c(C)n2CCCS(C)(=O)=O. The Balaban J connectivity index is 2.27.